The number of aliphatic hydroxyl groups excluding tert-OH is 1. The topological polar surface area (TPSA) is 49.8 Å². The van der Waals surface area contributed by atoms with E-state index >= 15 is 0 Å². The smallest absolute Gasteiger partial charge is 0.263 e. The van der Waals surface area contributed by atoms with Crippen molar-refractivity contribution < 1.29 is 14.6 Å². The number of hydrogen-bond donors (Lipinski definition) is 1. The predicted octanol–water partition coefficient (Wildman–Crippen LogP) is 2.06. The number of hydrogen-bond acceptors (Lipinski definition) is 3. The van der Waals surface area contributed by atoms with Crippen LogP contribution in [0.3, 0.4) is 0 Å². The SMILES string of the molecule is CC(Oc1ccc(Br)cc1)C(=O)N1CCC(CO)C1. The molecule has 1 heterocycles. The second-order valence-electron chi connectivity index (χ2n) is 4.84. The van der Waals surface area contributed by atoms with Gasteiger partial charge in [0.05, 0.1) is 0 Å². The molecule has 1 aromatic rings. The van der Waals surface area contributed by atoms with Crippen LogP contribution in [-0.4, -0.2) is 41.7 Å². The number of nitrogens with zero attached hydrogens (tertiary/aromatic N) is 1. The average Bonchev–Trinajstić information content (AvgIpc) is 2.89. The third-order valence-electron chi connectivity index (χ3n) is 3.33. The van der Waals surface area contributed by atoms with Crippen molar-refractivity contribution in [1.82, 2.24) is 4.90 Å². The monoisotopic (exact) mass is 327 g/mol. The van der Waals surface area contributed by atoms with Crippen LogP contribution in [0.25, 0.3) is 0 Å². The maximum absolute atomic E-state index is 12.2. The predicted molar refractivity (Wildman–Crippen MR) is 76.0 cm³/mol. The summed E-state index contributed by atoms with van der Waals surface area (Å²) in [7, 11) is 0. The second-order valence-corrected chi connectivity index (χ2v) is 5.75. The zero-order valence-corrected chi connectivity index (χ0v) is 12.5. The first-order chi connectivity index (χ1) is 9.10. The summed E-state index contributed by atoms with van der Waals surface area (Å²) in [5.74, 6) is 0.879. The lowest BCUT2D eigenvalue weighted by molar-refractivity contribution is -0.137. The molecule has 5 heteroatoms. The number of carbonyl (C=O) groups is 1. The molecule has 2 unspecified atom stereocenters. The summed E-state index contributed by atoms with van der Waals surface area (Å²) in [6, 6.07) is 7.41. The van der Waals surface area contributed by atoms with E-state index in [1.165, 1.54) is 0 Å². The van der Waals surface area contributed by atoms with Crippen LogP contribution in [0.2, 0.25) is 0 Å². The Morgan fingerprint density at radius 3 is 2.79 bits per heavy atom. The van der Waals surface area contributed by atoms with Gasteiger partial charge in [0.1, 0.15) is 5.75 Å². The molecule has 2 atom stereocenters. The van der Waals surface area contributed by atoms with E-state index in [1.54, 1.807) is 11.8 Å². The summed E-state index contributed by atoms with van der Waals surface area (Å²) in [5, 5.41) is 9.09. The molecule has 1 N–H and O–H groups in total. The summed E-state index contributed by atoms with van der Waals surface area (Å²) < 4.78 is 6.61. The molecular weight excluding hydrogens is 310 g/mol. The lowest BCUT2D eigenvalue weighted by Gasteiger charge is -2.21. The van der Waals surface area contributed by atoms with E-state index in [0.717, 1.165) is 10.9 Å². The van der Waals surface area contributed by atoms with Crippen LogP contribution < -0.4 is 4.74 Å². The molecule has 1 aromatic carbocycles. The molecule has 0 bridgehead atoms. The van der Waals surface area contributed by atoms with E-state index < -0.39 is 6.10 Å². The van der Waals surface area contributed by atoms with Gasteiger partial charge in [-0.3, -0.25) is 4.79 Å². The van der Waals surface area contributed by atoms with Crippen molar-refractivity contribution in [2.45, 2.75) is 19.4 Å². The Labute approximate surface area is 121 Å². The Morgan fingerprint density at radius 2 is 2.21 bits per heavy atom. The van der Waals surface area contributed by atoms with Crippen molar-refractivity contribution in [3.63, 3.8) is 0 Å². The number of benzene rings is 1. The summed E-state index contributed by atoms with van der Waals surface area (Å²) in [6.07, 6.45) is 0.367. The fraction of sp³-hybridized carbons (Fsp3) is 0.500. The fourth-order valence-corrected chi connectivity index (χ4v) is 2.47. The van der Waals surface area contributed by atoms with Crippen molar-refractivity contribution in [3.8, 4) is 5.75 Å². The lowest BCUT2D eigenvalue weighted by Crippen LogP contribution is -2.39. The standard InChI is InChI=1S/C14H18BrNO3/c1-10(19-13-4-2-12(15)3-5-13)14(18)16-7-6-11(8-16)9-17/h2-5,10-11,17H,6-9H2,1H3. The quantitative estimate of drug-likeness (QED) is 0.920. The largest absolute Gasteiger partial charge is 0.481 e. The summed E-state index contributed by atoms with van der Waals surface area (Å²) in [6.45, 7) is 3.24. The summed E-state index contributed by atoms with van der Waals surface area (Å²) >= 11 is 3.35. The third kappa shape index (κ3) is 3.70. The molecule has 0 aromatic heterocycles. The highest BCUT2D eigenvalue weighted by Gasteiger charge is 2.29. The number of carbonyl (C=O) groups excluding carboxylic acids is 1. The van der Waals surface area contributed by atoms with Gasteiger partial charge in [0.2, 0.25) is 0 Å². The minimum absolute atomic E-state index is 0.0149. The average molecular weight is 328 g/mol. The number of rotatable bonds is 4. The molecule has 4 nitrogen and oxygen atoms in total. The first-order valence-electron chi connectivity index (χ1n) is 6.42. The molecule has 19 heavy (non-hydrogen) atoms. The normalized spacial score (nSPS) is 20.4. The Hall–Kier alpha value is -1.07. The van der Waals surface area contributed by atoms with Crippen LogP contribution in [0.15, 0.2) is 28.7 Å². The Kier molecular flexibility index (Phi) is 4.82. The molecule has 1 fully saturated rings. The first-order valence-corrected chi connectivity index (χ1v) is 7.21. The molecule has 2 rings (SSSR count). The van der Waals surface area contributed by atoms with E-state index in [1.807, 2.05) is 24.3 Å². The molecule has 1 amide bonds. The zero-order valence-electron chi connectivity index (χ0n) is 10.9. The van der Waals surface area contributed by atoms with Crippen LogP contribution in [0.1, 0.15) is 13.3 Å². The fourth-order valence-electron chi connectivity index (χ4n) is 2.21. The maximum atomic E-state index is 12.2. The van der Waals surface area contributed by atoms with Gasteiger partial charge in [-0.05, 0) is 37.6 Å². The van der Waals surface area contributed by atoms with Gasteiger partial charge in [-0.15, -0.1) is 0 Å². The molecular formula is C14H18BrNO3. The summed E-state index contributed by atoms with van der Waals surface area (Å²) in [5.41, 5.74) is 0. The molecule has 1 aliphatic rings. The molecule has 1 aliphatic heterocycles. The van der Waals surface area contributed by atoms with E-state index in [9.17, 15) is 4.79 Å². The van der Waals surface area contributed by atoms with Gasteiger partial charge in [0.25, 0.3) is 5.91 Å². The van der Waals surface area contributed by atoms with Crippen LogP contribution in [-0.2, 0) is 4.79 Å². The van der Waals surface area contributed by atoms with Crippen LogP contribution in [0, 0.1) is 5.92 Å². The van der Waals surface area contributed by atoms with E-state index in [4.69, 9.17) is 9.84 Å². The van der Waals surface area contributed by atoms with Crippen LogP contribution >= 0.6 is 15.9 Å². The molecule has 0 spiro atoms. The van der Waals surface area contributed by atoms with E-state index in [-0.39, 0.29) is 18.4 Å². The van der Waals surface area contributed by atoms with Crippen molar-refractivity contribution in [3.05, 3.63) is 28.7 Å². The Morgan fingerprint density at radius 1 is 1.53 bits per heavy atom. The molecule has 0 radical (unpaired) electrons. The zero-order chi connectivity index (χ0) is 13.8. The van der Waals surface area contributed by atoms with Gasteiger partial charge in [0, 0.05) is 30.1 Å². The van der Waals surface area contributed by atoms with Gasteiger partial charge in [0.15, 0.2) is 6.10 Å². The second kappa shape index (κ2) is 6.39. The van der Waals surface area contributed by atoms with Gasteiger partial charge in [-0.2, -0.15) is 0 Å². The lowest BCUT2D eigenvalue weighted by atomic mass is 10.1. The number of likely N-dealkylation sites (tertiary alicyclic amines) is 1. The van der Waals surface area contributed by atoms with E-state index in [0.29, 0.717) is 18.8 Å². The molecule has 1 saturated heterocycles. The van der Waals surface area contributed by atoms with Crippen LogP contribution in [0.4, 0.5) is 0 Å². The molecule has 104 valence electrons. The highest BCUT2D eigenvalue weighted by molar-refractivity contribution is 9.10. The molecule has 0 aliphatic carbocycles. The molecule has 0 saturated carbocycles. The highest BCUT2D eigenvalue weighted by atomic mass is 79.9. The third-order valence-corrected chi connectivity index (χ3v) is 3.86. The number of aliphatic hydroxyl groups is 1. The van der Waals surface area contributed by atoms with Crippen molar-refractivity contribution in [2.75, 3.05) is 19.7 Å². The number of amides is 1. The number of halogens is 1. The van der Waals surface area contributed by atoms with Crippen molar-refractivity contribution in [2.24, 2.45) is 5.92 Å². The minimum Gasteiger partial charge on any atom is -0.481 e. The van der Waals surface area contributed by atoms with Crippen molar-refractivity contribution in [1.29, 1.82) is 0 Å². The van der Waals surface area contributed by atoms with Crippen molar-refractivity contribution >= 4 is 21.8 Å². The Bertz CT molecular complexity index is 435. The minimum atomic E-state index is -0.501. The first kappa shape index (κ1) is 14.3. The van der Waals surface area contributed by atoms with Gasteiger partial charge < -0.3 is 14.7 Å². The Balaban J connectivity index is 1.91. The van der Waals surface area contributed by atoms with E-state index in [2.05, 4.69) is 15.9 Å². The van der Waals surface area contributed by atoms with Gasteiger partial charge >= 0.3 is 0 Å². The van der Waals surface area contributed by atoms with Gasteiger partial charge in [-0.25, -0.2) is 0 Å². The maximum Gasteiger partial charge on any atom is 0.263 e. The summed E-state index contributed by atoms with van der Waals surface area (Å²) in [4.78, 5) is 14.0. The van der Waals surface area contributed by atoms with Crippen LogP contribution in [0.5, 0.6) is 5.75 Å². The number of ether oxygens (including phenoxy) is 1. The highest BCUT2D eigenvalue weighted by Crippen LogP contribution is 2.20. The van der Waals surface area contributed by atoms with Gasteiger partial charge in [-0.1, -0.05) is 15.9 Å².